The fraction of sp³-hybridized carbons (Fsp3) is 0.250. The molecule has 40 heavy (non-hydrogen) atoms. The van der Waals surface area contributed by atoms with Crippen molar-refractivity contribution in [3.63, 3.8) is 0 Å². The Morgan fingerprint density at radius 2 is 1.88 bits per heavy atom. The first-order chi connectivity index (χ1) is 18.9. The first kappa shape index (κ1) is 27.3. The zero-order valence-corrected chi connectivity index (χ0v) is 22.3. The van der Waals surface area contributed by atoms with Gasteiger partial charge in [0.1, 0.15) is 22.2 Å². The maximum atomic E-state index is 13.1. The highest BCUT2D eigenvalue weighted by Gasteiger charge is 2.42. The summed E-state index contributed by atoms with van der Waals surface area (Å²) in [5, 5.41) is 16.0. The lowest BCUT2D eigenvalue weighted by Crippen LogP contribution is -2.48. The molecule has 3 aromatic heterocycles. The summed E-state index contributed by atoms with van der Waals surface area (Å²) in [6.45, 7) is 3.27. The number of hydrogen-bond donors (Lipinski definition) is 3. The van der Waals surface area contributed by atoms with Crippen molar-refractivity contribution in [3.8, 4) is 10.6 Å². The molecular weight excluding hydrogens is 543 g/mol. The fourth-order valence-corrected chi connectivity index (χ4v) is 6.05. The lowest BCUT2D eigenvalue weighted by atomic mass is 9.76. The molecule has 0 bridgehead atoms. The van der Waals surface area contributed by atoms with E-state index >= 15 is 0 Å². The van der Waals surface area contributed by atoms with Crippen molar-refractivity contribution >= 4 is 34.8 Å². The van der Waals surface area contributed by atoms with Crippen molar-refractivity contribution in [3.05, 3.63) is 87.7 Å². The number of nitrogens with one attached hydrogen (secondary N) is 2. The van der Waals surface area contributed by atoms with Gasteiger partial charge >= 0.3 is 12.1 Å². The molecule has 0 fully saturated rings. The van der Waals surface area contributed by atoms with E-state index in [9.17, 15) is 27.9 Å². The molecule has 0 saturated carbocycles. The Labute approximate surface area is 231 Å². The van der Waals surface area contributed by atoms with E-state index in [1.165, 1.54) is 24.3 Å². The summed E-state index contributed by atoms with van der Waals surface area (Å²) >= 11 is 1.34. The Balaban J connectivity index is 1.52. The molecule has 0 aliphatic heterocycles. The minimum absolute atomic E-state index is 0.00743. The second kappa shape index (κ2) is 10.3. The van der Waals surface area contributed by atoms with Crippen molar-refractivity contribution in [1.82, 2.24) is 20.3 Å². The van der Waals surface area contributed by atoms with Crippen molar-refractivity contribution in [2.75, 3.05) is 5.32 Å². The topological polar surface area (TPSA) is 117 Å². The van der Waals surface area contributed by atoms with Gasteiger partial charge in [0.2, 0.25) is 5.91 Å². The van der Waals surface area contributed by atoms with E-state index < -0.39 is 23.2 Å². The van der Waals surface area contributed by atoms with E-state index in [-0.39, 0.29) is 17.3 Å². The van der Waals surface area contributed by atoms with Crippen LogP contribution < -0.4 is 10.6 Å². The molecule has 1 aliphatic rings. The third-order valence-corrected chi connectivity index (χ3v) is 7.82. The van der Waals surface area contributed by atoms with Crippen LogP contribution >= 0.6 is 11.3 Å². The average Bonchev–Trinajstić information content (AvgIpc) is 3.39. The molecule has 5 rings (SSSR count). The number of pyridine rings is 2. The van der Waals surface area contributed by atoms with Crippen LogP contribution in [0.25, 0.3) is 10.6 Å². The first-order valence-corrected chi connectivity index (χ1v) is 13.2. The summed E-state index contributed by atoms with van der Waals surface area (Å²) < 4.78 is 39.4. The van der Waals surface area contributed by atoms with E-state index in [0.29, 0.717) is 40.7 Å². The van der Waals surface area contributed by atoms with Gasteiger partial charge < -0.3 is 15.7 Å². The molecule has 4 aromatic rings. The van der Waals surface area contributed by atoms with E-state index in [0.717, 1.165) is 35.0 Å². The highest BCUT2D eigenvalue weighted by atomic mass is 32.1. The third kappa shape index (κ3) is 5.39. The van der Waals surface area contributed by atoms with E-state index in [1.807, 2.05) is 13.0 Å². The molecule has 1 amide bonds. The lowest BCUT2D eigenvalue weighted by Gasteiger charge is -2.38. The molecular formula is C28H24F3N5O3S. The Morgan fingerprint density at radius 3 is 2.60 bits per heavy atom. The number of alkyl halides is 3. The van der Waals surface area contributed by atoms with Crippen LogP contribution in [0.3, 0.4) is 0 Å². The number of carbonyl (C=O) groups is 2. The number of rotatable bonds is 6. The van der Waals surface area contributed by atoms with Gasteiger partial charge in [-0.1, -0.05) is 6.07 Å². The van der Waals surface area contributed by atoms with Gasteiger partial charge in [0, 0.05) is 19.3 Å². The summed E-state index contributed by atoms with van der Waals surface area (Å²) in [6, 6.07) is 10.3. The molecule has 0 saturated heterocycles. The molecule has 3 N–H and O–H groups in total. The summed E-state index contributed by atoms with van der Waals surface area (Å²) in [5.74, 6) is -0.948. The summed E-state index contributed by atoms with van der Waals surface area (Å²) in [6.07, 6.45) is 0.201. The number of fused-ring (bicyclic) bond motifs is 1. The lowest BCUT2D eigenvalue weighted by molar-refractivity contribution is -0.137. The zero-order chi connectivity index (χ0) is 28.7. The quantitative estimate of drug-likeness (QED) is 0.258. The van der Waals surface area contributed by atoms with Crippen molar-refractivity contribution in [1.29, 1.82) is 0 Å². The average molecular weight is 568 g/mol. The fourth-order valence-electron chi connectivity index (χ4n) is 4.99. The standard InChI is InChI=1S/C28H24F3N5O3S/c1-15-10-21(34-24(11-15)35-23-13-19(7-9-32-23)28(29,30)31)22-14-33-26(40-22)27(36-16(2)37)8-3-4-17-12-18(25(38)39)5-6-20(17)27/h5-7,9-14H,3-4,8H2,1-2H3,(H,36,37)(H,38,39)(H,32,34,35)/t27-/m0/s1. The second-order valence-electron chi connectivity index (χ2n) is 9.61. The normalized spacial score (nSPS) is 16.7. The molecule has 12 heteroatoms. The van der Waals surface area contributed by atoms with Gasteiger partial charge in [-0.3, -0.25) is 4.79 Å². The SMILES string of the molecule is CC(=O)N[C@@]1(c2ncc(-c3cc(C)cc(Nc4cc(C(F)(F)F)ccn4)n3)s2)CCCc2cc(C(=O)O)ccc21. The smallest absolute Gasteiger partial charge is 0.416 e. The number of amides is 1. The number of carboxylic acid groups (broad SMARTS) is 1. The summed E-state index contributed by atoms with van der Waals surface area (Å²) in [4.78, 5) is 37.9. The van der Waals surface area contributed by atoms with Crippen LogP contribution in [0.1, 0.15) is 57.4 Å². The molecule has 1 aliphatic carbocycles. The van der Waals surface area contributed by atoms with E-state index in [1.54, 1.807) is 24.4 Å². The van der Waals surface area contributed by atoms with Crippen molar-refractivity contribution in [2.45, 2.75) is 44.8 Å². The van der Waals surface area contributed by atoms with Gasteiger partial charge in [0.05, 0.1) is 21.7 Å². The molecule has 8 nitrogen and oxygen atoms in total. The predicted molar refractivity (Wildman–Crippen MR) is 144 cm³/mol. The van der Waals surface area contributed by atoms with Gasteiger partial charge in [-0.15, -0.1) is 11.3 Å². The van der Waals surface area contributed by atoms with Crippen molar-refractivity contribution in [2.24, 2.45) is 0 Å². The minimum atomic E-state index is -4.50. The van der Waals surface area contributed by atoms with Crippen LogP contribution in [0.4, 0.5) is 24.8 Å². The molecule has 0 spiro atoms. The van der Waals surface area contributed by atoms with Crippen LogP contribution in [0.2, 0.25) is 0 Å². The monoisotopic (exact) mass is 567 g/mol. The van der Waals surface area contributed by atoms with E-state index in [2.05, 4.69) is 25.6 Å². The number of nitrogens with zero attached hydrogens (tertiary/aromatic N) is 3. The van der Waals surface area contributed by atoms with Gasteiger partial charge in [0.15, 0.2) is 0 Å². The van der Waals surface area contributed by atoms with Gasteiger partial charge in [-0.05, 0) is 79.3 Å². The molecule has 1 atom stereocenters. The summed E-state index contributed by atoms with van der Waals surface area (Å²) in [7, 11) is 0. The largest absolute Gasteiger partial charge is 0.478 e. The van der Waals surface area contributed by atoms with Gasteiger partial charge in [0.25, 0.3) is 0 Å². The van der Waals surface area contributed by atoms with Crippen LogP contribution in [0.5, 0.6) is 0 Å². The number of carbonyl (C=O) groups excluding carboxylic acids is 1. The Kier molecular flexibility index (Phi) is 7.05. The first-order valence-electron chi connectivity index (χ1n) is 12.4. The molecule has 206 valence electrons. The highest BCUT2D eigenvalue weighted by molar-refractivity contribution is 7.15. The number of thiazole rings is 1. The number of halogens is 3. The maximum Gasteiger partial charge on any atom is 0.416 e. The number of anilines is 2. The maximum absolute atomic E-state index is 13.1. The number of carboxylic acids is 1. The van der Waals surface area contributed by atoms with Gasteiger partial charge in [-0.2, -0.15) is 13.2 Å². The van der Waals surface area contributed by atoms with Crippen LogP contribution in [0.15, 0.2) is 54.9 Å². The second-order valence-corrected chi connectivity index (χ2v) is 10.6. The zero-order valence-electron chi connectivity index (χ0n) is 21.5. The number of aromatic nitrogens is 3. The Morgan fingerprint density at radius 1 is 1.07 bits per heavy atom. The molecule has 3 heterocycles. The Bertz CT molecular complexity index is 1620. The van der Waals surface area contributed by atoms with Crippen LogP contribution in [0, 0.1) is 6.92 Å². The van der Waals surface area contributed by atoms with E-state index in [4.69, 9.17) is 0 Å². The number of benzene rings is 1. The molecule has 0 radical (unpaired) electrons. The van der Waals surface area contributed by atoms with Crippen LogP contribution in [-0.4, -0.2) is 31.9 Å². The van der Waals surface area contributed by atoms with Gasteiger partial charge in [-0.25, -0.2) is 19.7 Å². The van der Waals surface area contributed by atoms with Crippen molar-refractivity contribution < 1.29 is 27.9 Å². The number of aromatic carboxylic acids is 1. The number of aryl methyl sites for hydroxylation is 2. The molecule has 0 unspecified atom stereocenters. The molecule has 1 aromatic carbocycles. The highest BCUT2D eigenvalue weighted by Crippen LogP contribution is 2.44. The number of hydrogen-bond acceptors (Lipinski definition) is 7. The summed E-state index contributed by atoms with van der Waals surface area (Å²) in [5.41, 5.74) is 1.42. The van der Waals surface area contributed by atoms with Crippen LogP contribution in [-0.2, 0) is 22.9 Å². The third-order valence-electron chi connectivity index (χ3n) is 6.64. The Hall–Kier alpha value is -4.32. The predicted octanol–water partition coefficient (Wildman–Crippen LogP) is 6.09. The minimum Gasteiger partial charge on any atom is -0.478 e.